The molecule has 0 N–H and O–H groups in total. The number of esters is 1. The Bertz CT molecular complexity index is 1750. The summed E-state index contributed by atoms with van der Waals surface area (Å²) in [7, 11) is 1.57. The van der Waals surface area contributed by atoms with Gasteiger partial charge in [-0.3, -0.25) is 9.36 Å². The van der Waals surface area contributed by atoms with Gasteiger partial charge in [0.15, 0.2) is 9.89 Å². The number of allylic oxidation sites excluding steroid dienone is 1. The van der Waals surface area contributed by atoms with E-state index in [9.17, 15) is 9.59 Å². The van der Waals surface area contributed by atoms with Crippen LogP contribution in [-0.2, 0) is 9.53 Å². The first-order valence-electron chi connectivity index (χ1n) is 12.8. The number of carbonyl (C=O) groups is 1. The minimum Gasteiger partial charge on any atom is -0.496 e. The second kappa shape index (κ2) is 12.4. The summed E-state index contributed by atoms with van der Waals surface area (Å²) in [6.45, 7) is 4.00. The van der Waals surface area contributed by atoms with Crippen molar-refractivity contribution in [2.75, 3.05) is 13.7 Å². The zero-order chi connectivity index (χ0) is 28.2. The molecular weight excluding hydrogens is 612 g/mol. The second-order valence-electron chi connectivity index (χ2n) is 8.85. The molecular formula is C30H27BrN2O5S2. The number of benzene rings is 2. The molecule has 2 aromatic heterocycles. The Balaban J connectivity index is 1.67. The molecule has 0 unspecified atom stereocenters. The van der Waals surface area contributed by atoms with E-state index in [1.54, 1.807) is 24.7 Å². The van der Waals surface area contributed by atoms with E-state index in [0.717, 1.165) is 15.8 Å². The van der Waals surface area contributed by atoms with Crippen LogP contribution < -0.4 is 19.6 Å². The molecule has 3 heterocycles. The van der Waals surface area contributed by atoms with E-state index in [2.05, 4.69) is 15.9 Å². The molecule has 10 heteroatoms. The number of aromatic nitrogens is 1. The Kier molecular flexibility index (Phi) is 8.78. The third kappa shape index (κ3) is 5.61. The standard InChI is InChI=1S/C30H27BrN2O5S2/c1-4-11-22-25(28(35)37-5-2)26(20-14-9-10-15-23(20)36-3)33-27(34)24(40-30(33)32-22)17-18-16-21(31)29(38-18)39-19-12-7-6-8-13-19/h6-10,12-17,26H,4-5,11H2,1-3H3/b24-17+/t26-/m0/s1. The number of ether oxygens (including phenoxy) is 2. The summed E-state index contributed by atoms with van der Waals surface area (Å²) in [4.78, 5) is 33.7. The lowest BCUT2D eigenvalue weighted by Crippen LogP contribution is -2.40. The number of carbonyl (C=O) groups excluding carboxylic acids is 1. The molecule has 0 aliphatic carbocycles. The molecule has 0 amide bonds. The molecule has 1 aliphatic heterocycles. The lowest BCUT2D eigenvalue weighted by atomic mass is 9.93. The van der Waals surface area contributed by atoms with Crippen molar-refractivity contribution in [2.45, 2.75) is 42.7 Å². The van der Waals surface area contributed by atoms with Crippen LogP contribution in [0.3, 0.4) is 0 Å². The van der Waals surface area contributed by atoms with E-state index in [1.165, 1.54) is 23.1 Å². The van der Waals surface area contributed by atoms with E-state index in [-0.39, 0.29) is 12.2 Å². The molecule has 1 aliphatic rings. The van der Waals surface area contributed by atoms with Gasteiger partial charge >= 0.3 is 5.97 Å². The summed E-state index contributed by atoms with van der Waals surface area (Å²) in [5.41, 5.74) is 1.38. The van der Waals surface area contributed by atoms with Gasteiger partial charge < -0.3 is 13.9 Å². The van der Waals surface area contributed by atoms with Crippen molar-refractivity contribution >= 4 is 51.1 Å². The van der Waals surface area contributed by atoms with Crippen LogP contribution in [0, 0.1) is 0 Å². The quantitative estimate of drug-likeness (QED) is 0.206. The van der Waals surface area contributed by atoms with Gasteiger partial charge in [-0.05, 0) is 53.5 Å². The van der Waals surface area contributed by atoms with E-state index in [1.807, 2.05) is 67.6 Å². The molecule has 5 rings (SSSR count). The fraction of sp³-hybridized carbons (Fsp3) is 0.233. The van der Waals surface area contributed by atoms with Crippen LogP contribution in [0.15, 0.2) is 101 Å². The Morgan fingerprint density at radius 2 is 1.93 bits per heavy atom. The van der Waals surface area contributed by atoms with Crippen molar-refractivity contribution in [1.82, 2.24) is 4.57 Å². The topological polar surface area (TPSA) is 83.0 Å². The minimum atomic E-state index is -0.748. The number of halogens is 1. The van der Waals surface area contributed by atoms with Gasteiger partial charge in [0.1, 0.15) is 17.6 Å². The number of rotatable bonds is 9. The first-order valence-corrected chi connectivity index (χ1v) is 15.2. The van der Waals surface area contributed by atoms with Crippen LogP contribution in [0.2, 0.25) is 0 Å². The van der Waals surface area contributed by atoms with E-state index >= 15 is 0 Å². The van der Waals surface area contributed by atoms with Gasteiger partial charge in [-0.1, -0.05) is 72.8 Å². The highest BCUT2D eigenvalue weighted by molar-refractivity contribution is 9.10. The van der Waals surface area contributed by atoms with Gasteiger partial charge in [0.25, 0.3) is 5.56 Å². The lowest BCUT2D eigenvalue weighted by molar-refractivity contribution is -0.139. The van der Waals surface area contributed by atoms with Crippen LogP contribution in [0.1, 0.15) is 44.1 Å². The minimum absolute atomic E-state index is 0.210. The molecule has 1 atom stereocenters. The lowest BCUT2D eigenvalue weighted by Gasteiger charge is -2.26. The average Bonchev–Trinajstić information content (AvgIpc) is 3.46. The Labute approximate surface area is 248 Å². The third-order valence-electron chi connectivity index (χ3n) is 6.23. The van der Waals surface area contributed by atoms with Crippen molar-refractivity contribution in [3.05, 3.63) is 107 Å². The van der Waals surface area contributed by atoms with E-state index < -0.39 is 12.0 Å². The van der Waals surface area contributed by atoms with Crippen molar-refractivity contribution in [3.63, 3.8) is 0 Å². The summed E-state index contributed by atoms with van der Waals surface area (Å²) in [5.74, 6) is 0.611. The predicted octanol–water partition coefficient (Wildman–Crippen LogP) is 6.09. The first kappa shape index (κ1) is 28.2. The average molecular weight is 640 g/mol. The summed E-state index contributed by atoms with van der Waals surface area (Å²) < 4.78 is 20.0. The van der Waals surface area contributed by atoms with Gasteiger partial charge in [0.2, 0.25) is 0 Å². The highest BCUT2D eigenvalue weighted by Crippen LogP contribution is 2.38. The van der Waals surface area contributed by atoms with Gasteiger partial charge in [-0.2, -0.15) is 0 Å². The molecule has 40 heavy (non-hydrogen) atoms. The van der Waals surface area contributed by atoms with Gasteiger partial charge in [-0.15, -0.1) is 0 Å². The number of methoxy groups -OCH3 is 1. The van der Waals surface area contributed by atoms with Crippen molar-refractivity contribution in [1.29, 1.82) is 0 Å². The maximum Gasteiger partial charge on any atom is 0.338 e. The highest BCUT2D eigenvalue weighted by atomic mass is 79.9. The monoisotopic (exact) mass is 638 g/mol. The number of furan rings is 1. The van der Waals surface area contributed by atoms with Gasteiger partial charge in [0.05, 0.1) is 34.0 Å². The SMILES string of the molecule is CCCC1=C(C(=O)OCC)[C@H](c2ccccc2OC)n2c(s/c(=C/c3cc(Br)c(Sc4ccccc4)o3)c2=O)=N1. The Morgan fingerprint density at radius 1 is 1.18 bits per heavy atom. The second-order valence-corrected chi connectivity index (χ2v) is 11.8. The molecule has 7 nitrogen and oxygen atoms in total. The van der Waals surface area contributed by atoms with Crippen molar-refractivity contribution in [2.24, 2.45) is 4.99 Å². The van der Waals surface area contributed by atoms with Crippen LogP contribution in [0.4, 0.5) is 0 Å². The third-order valence-corrected chi connectivity index (χ3v) is 9.06. The van der Waals surface area contributed by atoms with E-state index in [0.29, 0.717) is 49.2 Å². The number of hydrogen-bond donors (Lipinski definition) is 0. The molecule has 4 aromatic rings. The number of nitrogens with zero attached hydrogens (tertiary/aromatic N) is 2. The molecule has 0 saturated carbocycles. The fourth-order valence-electron chi connectivity index (χ4n) is 4.54. The Morgan fingerprint density at radius 3 is 2.65 bits per heavy atom. The van der Waals surface area contributed by atoms with Crippen LogP contribution in [-0.4, -0.2) is 24.3 Å². The molecule has 0 fully saturated rings. The number of thiazole rings is 1. The van der Waals surface area contributed by atoms with Gasteiger partial charge in [0, 0.05) is 16.5 Å². The normalized spacial score (nSPS) is 15.1. The zero-order valence-electron chi connectivity index (χ0n) is 22.2. The summed E-state index contributed by atoms with van der Waals surface area (Å²) in [6, 6.07) is 18.4. The molecule has 0 saturated heterocycles. The molecule has 206 valence electrons. The van der Waals surface area contributed by atoms with E-state index in [4.69, 9.17) is 18.9 Å². The number of fused-ring (bicyclic) bond motifs is 1. The molecule has 0 radical (unpaired) electrons. The number of para-hydroxylation sites is 1. The molecule has 2 aromatic carbocycles. The van der Waals surface area contributed by atoms with Gasteiger partial charge in [-0.25, -0.2) is 9.79 Å². The number of hydrogen-bond acceptors (Lipinski definition) is 8. The highest BCUT2D eigenvalue weighted by Gasteiger charge is 2.35. The summed E-state index contributed by atoms with van der Waals surface area (Å²) in [5, 5.41) is 0.687. The largest absolute Gasteiger partial charge is 0.496 e. The van der Waals surface area contributed by atoms with Crippen LogP contribution in [0.5, 0.6) is 5.75 Å². The van der Waals surface area contributed by atoms with Crippen LogP contribution in [0.25, 0.3) is 6.08 Å². The maximum absolute atomic E-state index is 14.0. The molecule has 0 bridgehead atoms. The Hall–Kier alpha value is -3.34. The van der Waals surface area contributed by atoms with Crippen molar-refractivity contribution in [3.8, 4) is 5.75 Å². The summed E-state index contributed by atoms with van der Waals surface area (Å²) >= 11 is 6.33. The maximum atomic E-state index is 14.0. The summed E-state index contributed by atoms with van der Waals surface area (Å²) in [6.07, 6.45) is 3.06. The predicted molar refractivity (Wildman–Crippen MR) is 160 cm³/mol. The van der Waals surface area contributed by atoms with Crippen molar-refractivity contribution < 1.29 is 18.7 Å². The zero-order valence-corrected chi connectivity index (χ0v) is 25.4. The smallest absolute Gasteiger partial charge is 0.338 e. The molecule has 0 spiro atoms. The first-order chi connectivity index (χ1) is 19.4. The fourth-order valence-corrected chi connectivity index (χ4v) is 6.89. The van der Waals surface area contributed by atoms with Crippen LogP contribution >= 0.6 is 39.0 Å².